The van der Waals surface area contributed by atoms with Gasteiger partial charge < -0.3 is 14.9 Å². The fourth-order valence-electron chi connectivity index (χ4n) is 3.59. The van der Waals surface area contributed by atoms with Crippen LogP contribution in [-0.4, -0.2) is 25.1 Å². The maximum absolute atomic E-state index is 12.7. The van der Waals surface area contributed by atoms with Crippen LogP contribution in [0.1, 0.15) is 33.4 Å². The topological polar surface area (TPSA) is 113 Å². The van der Waals surface area contributed by atoms with Crippen molar-refractivity contribution in [2.24, 2.45) is 7.05 Å². The van der Waals surface area contributed by atoms with E-state index in [0.29, 0.717) is 28.3 Å². The van der Waals surface area contributed by atoms with E-state index in [0.717, 1.165) is 32.5 Å². The number of fused-ring (bicyclic) bond motifs is 2. The van der Waals surface area contributed by atoms with E-state index < -0.39 is 17.2 Å². The van der Waals surface area contributed by atoms with Gasteiger partial charge in [0, 0.05) is 47.7 Å². The summed E-state index contributed by atoms with van der Waals surface area (Å²) in [6.07, 6.45) is 1.97. The molecule has 0 saturated carbocycles. The van der Waals surface area contributed by atoms with Gasteiger partial charge in [0.1, 0.15) is 10.5 Å². The summed E-state index contributed by atoms with van der Waals surface area (Å²) in [6.45, 7) is 3.99. The van der Waals surface area contributed by atoms with E-state index in [-0.39, 0.29) is 40.5 Å². The summed E-state index contributed by atoms with van der Waals surface area (Å²) in [5.41, 5.74) is 1.26. The van der Waals surface area contributed by atoms with Crippen molar-refractivity contribution >= 4 is 38.6 Å². The minimum Gasteiger partial charge on any atom is -0.545 e. The summed E-state index contributed by atoms with van der Waals surface area (Å²) in [4.78, 5) is 45.4. The number of hydrogen-bond donors (Lipinski definition) is 1. The molecule has 0 saturated heterocycles. The molecule has 29 heavy (non-hydrogen) atoms. The maximum Gasteiger partial charge on any atom is 1.00 e. The van der Waals surface area contributed by atoms with Crippen LogP contribution < -0.4 is 45.9 Å². The Bertz CT molecular complexity index is 1380. The smallest absolute Gasteiger partial charge is 0.545 e. The van der Waals surface area contributed by atoms with E-state index in [4.69, 9.17) is 0 Å². The molecule has 0 aliphatic heterocycles. The van der Waals surface area contributed by atoms with Crippen LogP contribution in [-0.2, 0) is 20.0 Å². The van der Waals surface area contributed by atoms with Crippen LogP contribution in [0.3, 0.4) is 0 Å². The monoisotopic (exact) mass is 420 g/mol. The number of pyridine rings is 1. The molecule has 4 aromatic heterocycles. The van der Waals surface area contributed by atoms with Gasteiger partial charge >= 0.3 is 35.2 Å². The SMILES string of the molecule is CCn1c(=O)n(C)c(=O)c2c(C(=O)[O-])c(Cc3c(C)[nH]c4ncccc34)sc21.[Na+]. The number of H-pyrrole nitrogens is 1. The third-order valence-corrected chi connectivity index (χ3v) is 6.21. The van der Waals surface area contributed by atoms with Crippen LogP contribution in [0.25, 0.3) is 21.3 Å². The number of aromatic amines is 1. The van der Waals surface area contributed by atoms with Crippen molar-refractivity contribution in [3.63, 3.8) is 0 Å². The molecule has 0 amide bonds. The minimum absolute atomic E-state index is 0. The third kappa shape index (κ3) is 3.28. The van der Waals surface area contributed by atoms with Crippen molar-refractivity contribution in [2.75, 3.05) is 0 Å². The first kappa shape index (κ1) is 21.5. The number of carbonyl (C=O) groups is 1. The van der Waals surface area contributed by atoms with Crippen LogP contribution in [0.15, 0.2) is 27.9 Å². The van der Waals surface area contributed by atoms with Crippen molar-refractivity contribution in [2.45, 2.75) is 26.8 Å². The van der Waals surface area contributed by atoms with E-state index in [1.54, 1.807) is 13.1 Å². The minimum atomic E-state index is -1.42. The summed E-state index contributed by atoms with van der Waals surface area (Å²) in [6, 6.07) is 3.72. The van der Waals surface area contributed by atoms with Gasteiger partial charge in [-0.2, -0.15) is 0 Å². The number of rotatable bonds is 4. The molecule has 0 aromatic carbocycles. The standard InChI is InChI=1S/C19H18N4O4S.Na/c1-4-23-17-14(16(24)22(3)19(23)27)13(18(25)26)12(28-17)8-11-9(2)21-15-10(11)6-5-7-20-15;/h5-7H,4,8H2,1-3H3,(H,20,21)(H,25,26);/q;+1/p-1. The van der Waals surface area contributed by atoms with Gasteiger partial charge in [-0.1, -0.05) is 0 Å². The van der Waals surface area contributed by atoms with E-state index in [2.05, 4.69) is 9.97 Å². The Balaban J connectivity index is 0.00000240. The number of aromatic carboxylic acids is 1. The number of carboxylic acids is 1. The second-order valence-corrected chi connectivity index (χ2v) is 7.65. The number of carboxylic acid groups (broad SMARTS) is 1. The third-order valence-electron chi connectivity index (χ3n) is 4.99. The normalized spacial score (nSPS) is 11.1. The molecule has 0 aliphatic rings. The average Bonchev–Trinajstić information content (AvgIpc) is 3.19. The summed E-state index contributed by atoms with van der Waals surface area (Å²) in [5, 5.41) is 12.9. The molecular formula is C19H17N4NaO4S. The van der Waals surface area contributed by atoms with Gasteiger partial charge in [0.05, 0.1) is 11.4 Å². The second-order valence-electron chi connectivity index (χ2n) is 6.56. The zero-order valence-corrected chi connectivity index (χ0v) is 19.3. The van der Waals surface area contributed by atoms with Crippen molar-refractivity contribution in [3.05, 3.63) is 60.9 Å². The maximum atomic E-state index is 12.7. The zero-order valence-electron chi connectivity index (χ0n) is 16.5. The number of thiophene rings is 1. The average molecular weight is 420 g/mol. The Morgan fingerprint density at radius 3 is 2.72 bits per heavy atom. The number of hydrogen-bond acceptors (Lipinski definition) is 6. The number of aryl methyl sites for hydroxylation is 2. The Morgan fingerprint density at radius 2 is 2.07 bits per heavy atom. The van der Waals surface area contributed by atoms with Crippen LogP contribution in [0.2, 0.25) is 0 Å². The van der Waals surface area contributed by atoms with Gasteiger partial charge in [0.2, 0.25) is 0 Å². The molecular weight excluding hydrogens is 403 g/mol. The fourth-order valence-corrected chi connectivity index (χ4v) is 4.93. The number of nitrogens with zero attached hydrogens (tertiary/aromatic N) is 3. The molecule has 4 heterocycles. The molecule has 144 valence electrons. The summed E-state index contributed by atoms with van der Waals surface area (Å²) >= 11 is 1.15. The van der Waals surface area contributed by atoms with Crippen molar-refractivity contribution in [1.29, 1.82) is 0 Å². The first-order valence-electron chi connectivity index (χ1n) is 8.73. The molecule has 1 N–H and O–H groups in total. The molecule has 0 spiro atoms. The quantitative estimate of drug-likeness (QED) is 0.381. The summed E-state index contributed by atoms with van der Waals surface area (Å²) in [7, 11) is 1.35. The predicted molar refractivity (Wildman–Crippen MR) is 105 cm³/mol. The summed E-state index contributed by atoms with van der Waals surface area (Å²) in [5.74, 6) is -1.42. The van der Waals surface area contributed by atoms with Crippen LogP contribution in [0.4, 0.5) is 0 Å². The molecule has 0 atom stereocenters. The van der Waals surface area contributed by atoms with Crippen molar-refractivity contribution in [1.82, 2.24) is 19.1 Å². The Labute approximate surface area is 191 Å². The number of nitrogens with one attached hydrogen (secondary N) is 1. The second kappa shape index (κ2) is 7.91. The van der Waals surface area contributed by atoms with Gasteiger partial charge in [-0.05, 0) is 31.5 Å². The van der Waals surface area contributed by atoms with Gasteiger partial charge in [-0.25, -0.2) is 9.78 Å². The Kier molecular flexibility index (Phi) is 5.86. The van der Waals surface area contributed by atoms with E-state index in [1.165, 1.54) is 11.6 Å². The van der Waals surface area contributed by atoms with E-state index in [1.807, 2.05) is 19.1 Å². The Hall–Kier alpha value is -2.20. The van der Waals surface area contributed by atoms with Gasteiger partial charge in [0.25, 0.3) is 5.56 Å². The van der Waals surface area contributed by atoms with Gasteiger partial charge in [0.15, 0.2) is 0 Å². The molecule has 0 fully saturated rings. The van der Waals surface area contributed by atoms with Gasteiger partial charge in [-0.3, -0.25) is 13.9 Å². The molecule has 4 rings (SSSR count). The van der Waals surface area contributed by atoms with E-state index in [9.17, 15) is 19.5 Å². The van der Waals surface area contributed by atoms with Gasteiger partial charge in [-0.15, -0.1) is 11.3 Å². The largest absolute Gasteiger partial charge is 1.00 e. The van der Waals surface area contributed by atoms with Crippen LogP contribution >= 0.6 is 11.3 Å². The molecule has 0 aliphatic carbocycles. The molecule has 10 heteroatoms. The van der Waals surface area contributed by atoms with Crippen LogP contribution in [0, 0.1) is 6.92 Å². The molecule has 0 bridgehead atoms. The van der Waals surface area contributed by atoms with Crippen molar-refractivity contribution < 1.29 is 39.5 Å². The molecule has 0 radical (unpaired) electrons. The molecule has 8 nitrogen and oxygen atoms in total. The molecule has 0 unspecified atom stereocenters. The molecule has 4 aromatic rings. The van der Waals surface area contributed by atoms with Crippen LogP contribution in [0.5, 0.6) is 0 Å². The predicted octanol–water partition coefficient (Wildman–Crippen LogP) is -2.08. The van der Waals surface area contributed by atoms with E-state index >= 15 is 0 Å². The summed E-state index contributed by atoms with van der Waals surface area (Å²) < 4.78 is 2.36. The zero-order chi connectivity index (χ0) is 20.2. The first-order chi connectivity index (χ1) is 13.3. The Morgan fingerprint density at radius 1 is 1.34 bits per heavy atom. The first-order valence-corrected chi connectivity index (χ1v) is 9.55. The number of carbonyl (C=O) groups excluding carboxylic acids is 1. The van der Waals surface area contributed by atoms with Crippen molar-refractivity contribution in [3.8, 4) is 0 Å². The fraction of sp³-hybridized carbons (Fsp3) is 0.263. The number of aromatic nitrogens is 4.